The van der Waals surface area contributed by atoms with Crippen molar-refractivity contribution < 1.29 is 14.7 Å². The highest BCUT2D eigenvalue weighted by molar-refractivity contribution is 5.85. The van der Waals surface area contributed by atoms with Crippen LogP contribution in [0.2, 0.25) is 0 Å². The van der Waals surface area contributed by atoms with Crippen molar-refractivity contribution in [2.45, 2.75) is 51.0 Å². The van der Waals surface area contributed by atoms with E-state index in [1.807, 2.05) is 9.80 Å². The first-order valence-electron chi connectivity index (χ1n) is 11.1. The summed E-state index contributed by atoms with van der Waals surface area (Å²) in [4.78, 5) is 30.4. The van der Waals surface area contributed by atoms with Crippen molar-refractivity contribution in [3.8, 4) is 0 Å². The van der Waals surface area contributed by atoms with Crippen LogP contribution < -0.4 is 0 Å². The molecule has 0 aromatic heterocycles. The first-order valence-corrected chi connectivity index (χ1v) is 11.1. The summed E-state index contributed by atoms with van der Waals surface area (Å²) >= 11 is 0. The minimum atomic E-state index is -0.690. The van der Waals surface area contributed by atoms with E-state index in [1.165, 1.54) is 16.7 Å². The van der Waals surface area contributed by atoms with E-state index in [0.29, 0.717) is 12.8 Å². The zero-order valence-corrected chi connectivity index (χ0v) is 18.7. The van der Waals surface area contributed by atoms with Crippen LogP contribution in [0.3, 0.4) is 0 Å². The Balaban J connectivity index is 0.00000256. The van der Waals surface area contributed by atoms with Gasteiger partial charge in [0.25, 0.3) is 0 Å². The number of likely N-dealkylation sites (N-methyl/N-ethyl adjacent to an activating group) is 1. The first kappa shape index (κ1) is 22.9. The van der Waals surface area contributed by atoms with E-state index < -0.39 is 5.97 Å². The van der Waals surface area contributed by atoms with Gasteiger partial charge in [-0.3, -0.25) is 4.79 Å². The van der Waals surface area contributed by atoms with Gasteiger partial charge in [-0.15, -0.1) is 12.4 Å². The number of hydrogen-bond donors (Lipinski definition) is 1. The van der Waals surface area contributed by atoms with Crippen molar-refractivity contribution in [3.63, 3.8) is 0 Å². The summed E-state index contributed by atoms with van der Waals surface area (Å²) in [6.45, 7) is 4.56. The van der Waals surface area contributed by atoms with Gasteiger partial charge in [0.05, 0.1) is 5.92 Å². The fourth-order valence-corrected chi connectivity index (χ4v) is 5.09. The van der Waals surface area contributed by atoms with Crippen molar-refractivity contribution in [1.82, 2.24) is 14.7 Å². The molecule has 2 fully saturated rings. The van der Waals surface area contributed by atoms with Gasteiger partial charge in [-0.1, -0.05) is 18.2 Å². The molecule has 0 bridgehead atoms. The molecule has 2 aliphatic heterocycles. The number of amides is 2. The molecule has 30 heavy (non-hydrogen) atoms. The second kappa shape index (κ2) is 10.0. The zero-order valence-electron chi connectivity index (χ0n) is 17.9. The second-order valence-electron chi connectivity index (χ2n) is 8.96. The molecule has 1 aromatic carbocycles. The van der Waals surface area contributed by atoms with E-state index in [0.717, 1.165) is 64.8 Å². The number of carbonyl (C=O) groups is 2. The number of urea groups is 1. The summed E-state index contributed by atoms with van der Waals surface area (Å²) in [5, 5.41) is 9.17. The zero-order chi connectivity index (χ0) is 20.4. The topological polar surface area (TPSA) is 64.1 Å². The van der Waals surface area contributed by atoms with Crippen LogP contribution >= 0.6 is 12.4 Å². The van der Waals surface area contributed by atoms with Gasteiger partial charge in [0.1, 0.15) is 0 Å². The van der Waals surface area contributed by atoms with E-state index in [2.05, 4.69) is 30.1 Å². The first-order chi connectivity index (χ1) is 14.0. The van der Waals surface area contributed by atoms with Gasteiger partial charge in [0.15, 0.2) is 0 Å². The number of carboxylic acid groups (broad SMARTS) is 1. The number of carboxylic acids is 1. The maximum atomic E-state index is 12.9. The van der Waals surface area contributed by atoms with Gasteiger partial charge >= 0.3 is 12.0 Å². The highest BCUT2D eigenvalue weighted by Gasteiger charge is 2.36. The fourth-order valence-electron chi connectivity index (χ4n) is 5.09. The maximum Gasteiger partial charge on any atom is 0.320 e. The van der Waals surface area contributed by atoms with Gasteiger partial charge in [-0.2, -0.15) is 0 Å². The SMILES string of the molecule is CN1CCc2ccc(CCN3CCN(C4CCC(C(=O)O)CC4)C3=O)cc2CC1.Cl. The summed E-state index contributed by atoms with van der Waals surface area (Å²) < 4.78 is 0. The Bertz CT molecular complexity index is 764. The maximum absolute atomic E-state index is 12.9. The smallest absolute Gasteiger partial charge is 0.320 e. The molecule has 0 unspecified atom stereocenters. The molecule has 1 saturated carbocycles. The molecule has 4 rings (SSSR count). The molecular formula is C23H34ClN3O3. The van der Waals surface area contributed by atoms with Crippen LogP contribution in [-0.2, 0) is 24.1 Å². The Hall–Kier alpha value is -1.79. The second-order valence-corrected chi connectivity index (χ2v) is 8.96. The van der Waals surface area contributed by atoms with E-state index in [1.54, 1.807) is 0 Å². The fraction of sp³-hybridized carbons (Fsp3) is 0.652. The number of nitrogens with zero attached hydrogens (tertiary/aromatic N) is 3. The molecule has 1 N–H and O–H groups in total. The van der Waals surface area contributed by atoms with Crippen molar-refractivity contribution in [2.75, 3.05) is 39.8 Å². The molecule has 2 heterocycles. The summed E-state index contributed by atoms with van der Waals surface area (Å²) in [5.74, 6) is -0.918. The van der Waals surface area contributed by atoms with Gasteiger partial charge in [-0.05, 0) is 68.7 Å². The predicted octanol–water partition coefficient (Wildman–Crippen LogP) is 3.06. The Labute approximate surface area is 185 Å². The molecule has 3 aliphatic rings. The van der Waals surface area contributed by atoms with Gasteiger partial charge in [0, 0.05) is 38.8 Å². The molecule has 6 nitrogen and oxygen atoms in total. The number of rotatable bonds is 5. The summed E-state index contributed by atoms with van der Waals surface area (Å²) in [7, 11) is 2.19. The molecule has 0 atom stereocenters. The van der Waals surface area contributed by atoms with E-state index in [-0.39, 0.29) is 30.4 Å². The van der Waals surface area contributed by atoms with Crippen molar-refractivity contribution >= 4 is 24.4 Å². The average Bonchev–Trinajstić information content (AvgIpc) is 2.99. The van der Waals surface area contributed by atoms with Crippen LogP contribution in [0.5, 0.6) is 0 Å². The molecular weight excluding hydrogens is 402 g/mol. The summed E-state index contributed by atoms with van der Waals surface area (Å²) in [6, 6.07) is 7.21. The largest absolute Gasteiger partial charge is 0.481 e. The van der Waals surface area contributed by atoms with Crippen LogP contribution in [0.1, 0.15) is 42.4 Å². The highest BCUT2D eigenvalue weighted by Crippen LogP contribution is 2.30. The van der Waals surface area contributed by atoms with Gasteiger partial charge in [-0.25, -0.2) is 4.79 Å². The van der Waals surface area contributed by atoms with Crippen molar-refractivity contribution in [3.05, 3.63) is 34.9 Å². The van der Waals surface area contributed by atoms with Crippen LogP contribution in [0.25, 0.3) is 0 Å². The highest BCUT2D eigenvalue weighted by atomic mass is 35.5. The van der Waals surface area contributed by atoms with Crippen molar-refractivity contribution in [1.29, 1.82) is 0 Å². The molecule has 166 valence electrons. The number of hydrogen-bond acceptors (Lipinski definition) is 3. The van der Waals surface area contributed by atoms with E-state index in [9.17, 15) is 14.7 Å². The van der Waals surface area contributed by atoms with Crippen molar-refractivity contribution in [2.24, 2.45) is 5.92 Å². The minimum Gasteiger partial charge on any atom is -0.481 e. The standard InChI is InChI=1S/C23H33N3O3.ClH/c1-24-11-9-18-3-2-17(16-20(18)10-12-24)8-13-25-14-15-26(23(25)29)21-6-4-19(5-7-21)22(27)28;/h2-3,16,19,21H,4-15H2,1H3,(H,27,28);1H. The van der Waals surface area contributed by atoms with Crippen LogP contribution in [-0.4, -0.2) is 77.6 Å². The average molecular weight is 436 g/mol. The Morgan fingerprint density at radius 1 is 1.03 bits per heavy atom. The van der Waals surface area contributed by atoms with Gasteiger partial charge in [0.2, 0.25) is 0 Å². The Morgan fingerprint density at radius 2 is 1.73 bits per heavy atom. The lowest BCUT2D eigenvalue weighted by Crippen LogP contribution is -2.42. The number of halogens is 1. The van der Waals surface area contributed by atoms with E-state index in [4.69, 9.17) is 0 Å². The van der Waals surface area contributed by atoms with Gasteiger partial charge < -0.3 is 19.8 Å². The van der Waals surface area contributed by atoms with Crippen LogP contribution in [0, 0.1) is 5.92 Å². The summed E-state index contributed by atoms with van der Waals surface area (Å²) in [6.07, 6.45) is 6.13. The monoisotopic (exact) mass is 435 g/mol. The third-order valence-electron chi connectivity index (χ3n) is 7.08. The lowest BCUT2D eigenvalue weighted by Gasteiger charge is -2.33. The van der Waals surface area contributed by atoms with E-state index >= 15 is 0 Å². The number of fused-ring (bicyclic) bond motifs is 1. The molecule has 1 saturated heterocycles. The molecule has 0 radical (unpaired) electrons. The number of benzene rings is 1. The molecule has 1 aliphatic carbocycles. The quantitative estimate of drug-likeness (QED) is 0.772. The molecule has 1 aromatic rings. The molecule has 2 amide bonds. The number of aliphatic carboxylic acids is 1. The predicted molar refractivity (Wildman–Crippen MR) is 119 cm³/mol. The lowest BCUT2D eigenvalue weighted by molar-refractivity contribution is -0.143. The normalized spacial score (nSPS) is 24.9. The molecule has 0 spiro atoms. The minimum absolute atomic E-state index is 0. The Morgan fingerprint density at radius 3 is 2.43 bits per heavy atom. The summed E-state index contributed by atoms with van der Waals surface area (Å²) in [5.41, 5.74) is 4.26. The van der Waals surface area contributed by atoms with Crippen LogP contribution in [0.15, 0.2) is 18.2 Å². The third-order valence-corrected chi connectivity index (χ3v) is 7.08. The third kappa shape index (κ3) is 5.09. The Kier molecular flexibility index (Phi) is 7.64. The van der Waals surface area contributed by atoms with Crippen LogP contribution in [0.4, 0.5) is 4.79 Å². The number of carbonyl (C=O) groups excluding carboxylic acids is 1. The lowest BCUT2D eigenvalue weighted by atomic mass is 9.85. The molecule has 7 heteroatoms.